The van der Waals surface area contributed by atoms with Gasteiger partial charge in [0.05, 0.1) is 6.54 Å². The van der Waals surface area contributed by atoms with Gasteiger partial charge in [-0.2, -0.15) is 0 Å². The Morgan fingerprint density at radius 2 is 2.21 bits per heavy atom. The Morgan fingerprint density at radius 3 is 2.86 bits per heavy atom. The number of alkyl halides is 1. The van der Waals surface area contributed by atoms with E-state index < -0.39 is 6.17 Å². The van der Waals surface area contributed by atoms with Gasteiger partial charge in [-0.25, -0.2) is 4.39 Å². The van der Waals surface area contributed by atoms with Gasteiger partial charge in [0.15, 0.2) is 0 Å². The van der Waals surface area contributed by atoms with E-state index in [0.717, 1.165) is 19.3 Å². The van der Waals surface area contributed by atoms with E-state index >= 15 is 0 Å². The van der Waals surface area contributed by atoms with E-state index in [1.165, 1.54) is 0 Å². The molecule has 0 aromatic rings. The van der Waals surface area contributed by atoms with E-state index in [9.17, 15) is 9.18 Å². The fourth-order valence-corrected chi connectivity index (χ4v) is 2.10. The predicted octanol–water partition coefficient (Wildman–Crippen LogP) is 1.13. The van der Waals surface area contributed by atoms with Crippen LogP contribution in [0.5, 0.6) is 0 Å². The minimum Gasteiger partial charge on any atom is -0.368 e. The van der Waals surface area contributed by atoms with Crippen molar-refractivity contribution >= 4 is 5.91 Å². The molecule has 2 aliphatic heterocycles. The van der Waals surface area contributed by atoms with Crippen molar-refractivity contribution < 1.29 is 13.9 Å². The molecule has 2 atom stereocenters. The fraction of sp³-hybridized carbons (Fsp3) is 0.900. The molecule has 0 saturated carbocycles. The molecule has 0 aromatic heterocycles. The van der Waals surface area contributed by atoms with Crippen molar-refractivity contribution in [3.63, 3.8) is 0 Å². The van der Waals surface area contributed by atoms with E-state index in [4.69, 9.17) is 4.74 Å². The lowest BCUT2D eigenvalue weighted by Gasteiger charge is -2.30. The van der Waals surface area contributed by atoms with Crippen LogP contribution in [0.25, 0.3) is 0 Å². The highest BCUT2D eigenvalue weighted by molar-refractivity contribution is 5.81. The van der Waals surface area contributed by atoms with Gasteiger partial charge in [0.25, 0.3) is 5.91 Å². The summed E-state index contributed by atoms with van der Waals surface area (Å²) in [6, 6.07) is 0. The van der Waals surface area contributed by atoms with Gasteiger partial charge in [0.1, 0.15) is 12.3 Å². The topological polar surface area (TPSA) is 29.5 Å². The monoisotopic (exact) mass is 201 g/mol. The van der Waals surface area contributed by atoms with Crippen molar-refractivity contribution in [2.45, 2.75) is 38.0 Å². The van der Waals surface area contributed by atoms with Gasteiger partial charge in [0.2, 0.25) is 0 Å². The zero-order valence-corrected chi connectivity index (χ0v) is 8.25. The van der Waals surface area contributed by atoms with E-state index in [2.05, 4.69) is 0 Å². The summed E-state index contributed by atoms with van der Waals surface area (Å²) in [5, 5.41) is 0. The van der Waals surface area contributed by atoms with E-state index in [-0.39, 0.29) is 18.6 Å². The summed E-state index contributed by atoms with van der Waals surface area (Å²) >= 11 is 0. The normalized spacial score (nSPS) is 33.4. The highest BCUT2D eigenvalue weighted by Gasteiger charge is 2.31. The maximum Gasteiger partial charge on any atom is 0.251 e. The van der Waals surface area contributed by atoms with Crippen LogP contribution in [0, 0.1) is 0 Å². The van der Waals surface area contributed by atoms with Crippen molar-refractivity contribution in [3.05, 3.63) is 0 Å². The predicted molar refractivity (Wildman–Crippen MR) is 49.7 cm³/mol. The molecule has 2 aliphatic rings. The molecular weight excluding hydrogens is 185 g/mol. The Kier molecular flexibility index (Phi) is 3.01. The standard InChI is InChI=1S/C10H16FNO2/c11-8-3-1-5-12(7-8)10(13)9-4-2-6-14-9/h8-9H,1-7H2/t8-,9-/m0/s1. The summed E-state index contributed by atoms with van der Waals surface area (Å²) < 4.78 is 18.3. The minimum atomic E-state index is -0.839. The molecule has 1 amide bonds. The Morgan fingerprint density at radius 1 is 1.36 bits per heavy atom. The van der Waals surface area contributed by atoms with E-state index in [1.807, 2.05) is 0 Å². The number of carbonyl (C=O) groups is 1. The summed E-state index contributed by atoms with van der Waals surface area (Å²) in [5.74, 6) is -0.00940. The van der Waals surface area contributed by atoms with E-state index in [0.29, 0.717) is 19.6 Å². The highest BCUT2D eigenvalue weighted by atomic mass is 19.1. The molecule has 0 spiro atoms. The van der Waals surface area contributed by atoms with E-state index in [1.54, 1.807) is 4.90 Å². The molecular formula is C10H16FNO2. The molecule has 4 heteroatoms. The lowest BCUT2D eigenvalue weighted by Crippen LogP contribution is -2.45. The molecule has 0 bridgehead atoms. The Labute approximate surface area is 83.2 Å². The molecule has 80 valence electrons. The minimum absolute atomic E-state index is 0.00940. The Bertz CT molecular complexity index is 216. The molecule has 0 radical (unpaired) electrons. The smallest absolute Gasteiger partial charge is 0.251 e. The van der Waals surface area contributed by atoms with Crippen molar-refractivity contribution in [3.8, 4) is 0 Å². The third-order valence-electron chi connectivity index (χ3n) is 2.88. The fourth-order valence-electron chi connectivity index (χ4n) is 2.10. The van der Waals surface area contributed by atoms with Crippen LogP contribution < -0.4 is 0 Å². The van der Waals surface area contributed by atoms with Crippen LogP contribution in [-0.4, -0.2) is 42.8 Å². The Balaban J connectivity index is 1.89. The zero-order chi connectivity index (χ0) is 9.97. The Hall–Kier alpha value is -0.640. The SMILES string of the molecule is O=C([C@@H]1CCCO1)N1CCC[C@H](F)C1. The summed E-state index contributed by atoms with van der Waals surface area (Å²) in [4.78, 5) is 13.4. The summed E-state index contributed by atoms with van der Waals surface area (Å²) in [6.45, 7) is 1.63. The molecule has 2 saturated heterocycles. The highest BCUT2D eigenvalue weighted by Crippen LogP contribution is 2.19. The summed E-state index contributed by atoms with van der Waals surface area (Å²) in [5.41, 5.74) is 0. The molecule has 2 fully saturated rings. The van der Waals surface area contributed by atoms with Crippen LogP contribution in [-0.2, 0) is 9.53 Å². The molecule has 0 unspecified atom stereocenters. The van der Waals surface area contributed by atoms with Gasteiger partial charge in [0, 0.05) is 13.2 Å². The number of nitrogens with zero attached hydrogens (tertiary/aromatic N) is 1. The molecule has 0 aliphatic carbocycles. The molecule has 2 rings (SSSR count). The second kappa shape index (κ2) is 4.26. The molecule has 0 aromatic carbocycles. The van der Waals surface area contributed by atoms with Gasteiger partial charge in [-0.15, -0.1) is 0 Å². The second-order valence-electron chi connectivity index (χ2n) is 4.03. The number of rotatable bonds is 1. The molecule has 3 nitrogen and oxygen atoms in total. The maximum absolute atomic E-state index is 13.0. The van der Waals surface area contributed by atoms with Crippen LogP contribution >= 0.6 is 0 Å². The maximum atomic E-state index is 13.0. The van der Waals surface area contributed by atoms with Crippen molar-refractivity contribution in [1.29, 1.82) is 0 Å². The number of hydrogen-bond acceptors (Lipinski definition) is 2. The van der Waals surface area contributed by atoms with Crippen molar-refractivity contribution in [2.75, 3.05) is 19.7 Å². The summed E-state index contributed by atoms with van der Waals surface area (Å²) in [6.07, 6.45) is 1.99. The molecule has 0 N–H and O–H groups in total. The lowest BCUT2D eigenvalue weighted by atomic mass is 10.1. The van der Waals surface area contributed by atoms with Crippen LogP contribution in [0.2, 0.25) is 0 Å². The first-order valence-electron chi connectivity index (χ1n) is 5.32. The third-order valence-corrected chi connectivity index (χ3v) is 2.88. The van der Waals surface area contributed by atoms with Crippen LogP contribution in [0.15, 0.2) is 0 Å². The number of carbonyl (C=O) groups excluding carboxylic acids is 1. The number of halogens is 1. The van der Waals surface area contributed by atoms with Crippen molar-refractivity contribution in [2.24, 2.45) is 0 Å². The first-order chi connectivity index (χ1) is 6.77. The number of amides is 1. The van der Waals surface area contributed by atoms with Gasteiger partial charge >= 0.3 is 0 Å². The molecule has 2 heterocycles. The second-order valence-corrected chi connectivity index (χ2v) is 4.03. The quantitative estimate of drug-likeness (QED) is 0.636. The van der Waals surface area contributed by atoms with Crippen LogP contribution in [0.3, 0.4) is 0 Å². The number of hydrogen-bond donors (Lipinski definition) is 0. The number of likely N-dealkylation sites (tertiary alicyclic amines) is 1. The lowest BCUT2D eigenvalue weighted by molar-refractivity contribution is -0.143. The first kappa shape index (κ1) is 9.90. The average molecular weight is 201 g/mol. The molecule has 14 heavy (non-hydrogen) atoms. The van der Waals surface area contributed by atoms with Crippen molar-refractivity contribution in [1.82, 2.24) is 4.90 Å². The van der Waals surface area contributed by atoms with Crippen LogP contribution in [0.4, 0.5) is 4.39 Å². The zero-order valence-electron chi connectivity index (χ0n) is 8.25. The van der Waals surface area contributed by atoms with Gasteiger partial charge in [-0.3, -0.25) is 4.79 Å². The average Bonchev–Trinajstić information content (AvgIpc) is 2.69. The number of piperidine rings is 1. The van der Waals surface area contributed by atoms with Gasteiger partial charge in [-0.05, 0) is 25.7 Å². The third kappa shape index (κ3) is 2.05. The first-order valence-corrected chi connectivity index (χ1v) is 5.32. The summed E-state index contributed by atoms with van der Waals surface area (Å²) in [7, 11) is 0. The van der Waals surface area contributed by atoms with Gasteiger partial charge in [-0.1, -0.05) is 0 Å². The number of ether oxygens (including phenoxy) is 1. The van der Waals surface area contributed by atoms with Gasteiger partial charge < -0.3 is 9.64 Å². The van der Waals surface area contributed by atoms with Crippen LogP contribution in [0.1, 0.15) is 25.7 Å². The largest absolute Gasteiger partial charge is 0.368 e.